The number of nitriles is 1. The van der Waals surface area contributed by atoms with Crippen LogP contribution in [0.5, 0.6) is 0 Å². The number of aryl methyl sites for hydroxylation is 1. The summed E-state index contributed by atoms with van der Waals surface area (Å²) in [4.78, 5) is 13.7. The quantitative estimate of drug-likeness (QED) is 0.578. The summed E-state index contributed by atoms with van der Waals surface area (Å²) in [5, 5.41) is 28.3. The molecule has 10 heteroatoms. The molecule has 9 nitrogen and oxygen atoms in total. The zero-order valence-electron chi connectivity index (χ0n) is 15.3. The fourth-order valence-electron chi connectivity index (χ4n) is 2.93. The van der Waals surface area contributed by atoms with Crippen molar-refractivity contribution < 1.29 is 0 Å². The molecule has 1 atom stereocenters. The van der Waals surface area contributed by atoms with Gasteiger partial charge in [0.2, 0.25) is 0 Å². The third-order valence-corrected chi connectivity index (χ3v) is 5.30. The van der Waals surface area contributed by atoms with Crippen LogP contribution in [0.15, 0.2) is 24.7 Å². The molecule has 0 aromatic carbocycles. The van der Waals surface area contributed by atoms with Gasteiger partial charge >= 0.3 is 0 Å². The van der Waals surface area contributed by atoms with Crippen molar-refractivity contribution in [1.82, 2.24) is 30.5 Å². The van der Waals surface area contributed by atoms with E-state index in [-0.39, 0.29) is 5.69 Å². The lowest BCUT2D eigenvalue weighted by Crippen LogP contribution is -2.18. The highest BCUT2D eigenvalue weighted by atomic mass is 32.1. The Morgan fingerprint density at radius 2 is 2.14 bits per heavy atom. The van der Waals surface area contributed by atoms with Gasteiger partial charge in [0.15, 0.2) is 11.5 Å². The van der Waals surface area contributed by atoms with E-state index in [4.69, 9.17) is 5.26 Å². The molecule has 0 aliphatic carbocycles. The standard InChI is InChI=1S/C18H19N9S/c1-11-6-24-18(28-11)17-14(22-8-12-2-3-20-7-12)4-15(26-27-17)25-16-10-21-13(5-19)9-23-16/h4,6,9-10,12,20H,2-3,7-8H2,1H3,(H2,22,23,25,26). The van der Waals surface area contributed by atoms with Crippen LogP contribution in [0.4, 0.5) is 17.3 Å². The SMILES string of the molecule is Cc1cnc(-c2nnc(Nc3cnc(C#N)cn3)cc2NCC2CCNC2)s1. The lowest BCUT2D eigenvalue weighted by Gasteiger charge is -2.14. The van der Waals surface area contributed by atoms with Crippen LogP contribution in [0.1, 0.15) is 17.0 Å². The predicted molar refractivity (Wildman–Crippen MR) is 107 cm³/mol. The van der Waals surface area contributed by atoms with Gasteiger partial charge in [-0.15, -0.1) is 21.5 Å². The molecule has 0 bridgehead atoms. The number of aromatic nitrogens is 5. The summed E-state index contributed by atoms with van der Waals surface area (Å²) in [6, 6.07) is 3.85. The second kappa shape index (κ2) is 8.24. The molecule has 1 saturated heterocycles. The van der Waals surface area contributed by atoms with Crippen molar-refractivity contribution in [1.29, 1.82) is 5.26 Å². The number of thiazole rings is 1. The minimum absolute atomic E-state index is 0.263. The highest BCUT2D eigenvalue weighted by Gasteiger charge is 2.17. The van der Waals surface area contributed by atoms with E-state index in [0.717, 1.165) is 47.3 Å². The third kappa shape index (κ3) is 4.21. The van der Waals surface area contributed by atoms with Crippen LogP contribution in [0.2, 0.25) is 0 Å². The summed E-state index contributed by atoms with van der Waals surface area (Å²) in [7, 11) is 0. The first-order chi connectivity index (χ1) is 13.7. The van der Waals surface area contributed by atoms with Gasteiger partial charge in [0.05, 0.1) is 18.1 Å². The minimum atomic E-state index is 0.263. The van der Waals surface area contributed by atoms with Crippen LogP contribution in [0.3, 0.4) is 0 Å². The Morgan fingerprint density at radius 3 is 2.82 bits per heavy atom. The predicted octanol–water partition coefficient (Wildman–Crippen LogP) is 2.34. The molecule has 1 aliphatic heterocycles. The minimum Gasteiger partial charge on any atom is -0.383 e. The summed E-state index contributed by atoms with van der Waals surface area (Å²) in [6.45, 7) is 4.95. The second-order valence-corrected chi connectivity index (χ2v) is 7.77. The van der Waals surface area contributed by atoms with Crippen molar-refractivity contribution >= 4 is 28.7 Å². The van der Waals surface area contributed by atoms with Crippen molar-refractivity contribution in [2.75, 3.05) is 30.3 Å². The van der Waals surface area contributed by atoms with E-state index < -0.39 is 0 Å². The molecule has 1 fully saturated rings. The van der Waals surface area contributed by atoms with Crippen molar-refractivity contribution in [2.24, 2.45) is 5.92 Å². The second-order valence-electron chi connectivity index (χ2n) is 6.53. The number of rotatable bonds is 6. The number of nitrogens with one attached hydrogen (secondary N) is 3. The van der Waals surface area contributed by atoms with Gasteiger partial charge in [0.1, 0.15) is 22.6 Å². The molecule has 28 heavy (non-hydrogen) atoms. The summed E-state index contributed by atoms with van der Waals surface area (Å²) >= 11 is 1.59. The third-order valence-electron chi connectivity index (χ3n) is 4.38. The van der Waals surface area contributed by atoms with E-state index in [1.807, 2.05) is 25.3 Å². The molecule has 1 aliphatic rings. The van der Waals surface area contributed by atoms with E-state index in [0.29, 0.717) is 17.6 Å². The topological polar surface area (TPSA) is 124 Å². The van der Waals surface area contributed by atoms with E-state index in [1.165, 1.54) is 12.4 Å². The Kier molecular flexibility index (Phi) is 5.36. The van der Waals surface area contributed by atoms with Gasteiger partial charge in [-0.2, -0.15) is 5.26 Å². The van der Waals surface area contributed by atoms with E-state index >= 15 is 0 Å². The van der Waals surface area contributed by atoms with Crippen molar-refractivity contribution in [2.45, 2.75) is 13.3 Å². The van der Waals surface area contributed by atoms with Crippen LogP contribution < -0.4 is 16.0 Å². The zero-order chi connectivity index (χ0) is 19.3. The van der Waals surface area contributed by atoms with E-state index in [1.54, 1.807) is 11.3 Å². The van der Waals surface area contributed by atoms with Crippen molar-refractivity contribution in [3.8, 4) is 16.8 Å². The first-order valence-electron chi connectivity index (χ1n) is 8.95. The molecule has 0 saturated carbocycles. The maximum absolute atomic E-state index is 8.83. The summed E-state index contributed by atoms with van der Waals surface area (Å²) in [5.41, 5.74) is 1.87. The molecule has 0 amide bonds. The number of hydrogen-bond donors (Lipinski definition) is 3. The van der Waals surface area contributed by atoms with Crippen molar-refractivity contribution in [3.05, 3.63) is 35.2 Å². The van der Waals surface area contributed by atoms with Gasteiger partial charge in [-0.3, -0.25) is 0 Å². The monoisotopic (exact) mass is 393 g/mol. The van der Waals surface area contributed by atoms with Gasteiger partial charge in [0.25, 0.3) is 0 Å². The molecule has 3 aromatic rings. The highest BCUT2D eigenvalue weighted by molar-refractivity contribution is 7.14. The van der Waals surface area contributed by atoms with E-state index in [9.17, 15) is 0 Å². The van der Waals surface area contributed by atoms with Gasteiger partial charge < -0.3 is 16.0 Å². The first-order valence-corrected chi connectivity index (χ1v) is 9.77. The van der Waals surface area contributed by atoms with Crippen LogP contribution in [0.25, 0.3) is 10.7 Å². The Bertz CT molecular complexity index is 987. The molecule has 4 rings (SSSR count). The summed E-state index contributed by atoms with van der Waals surface area (Å²) in [5.74, 6) is 1.63. The van der Waals surface area contributed by atoms with Crippen LogP contribution in [-0.4, -0.2) is 44.8 Å². The Morgan fingerprint density at radius 1 is 1.21 bits per heavy atom. The number of nitrogens with zero attached hydrogens (tertiary/aromatic N) is 6. The average Bonchev–Trinajstić information content (AvgIpc) is 3.39. The normalized spacial score (nSPS) is 15.9. The molecule has 3 N–H and O–H groups in total. The van der Waals surface area contributed by atoms with Crippen molar-refractivity contribution in [3.63, 3.8) is 0 Å². The molecule has 1 unspecified atom stereocenters. The Balaban J connectivity index is 1.58. The largest absolute Gasteiger partial charge is 0.383 e. The van der Waals surface area contributed by atoms with Crippen LogP contribution >= 0.6 is 11.3 Å². The first kappa shape index (κ1) is 18.2. The maximum Gasteiger partial charge on any atom is 0.158 e. The molecule has 0 spiro atoms. The Labute approximate surface area is 166 Å². The fraction of sp³-hybridized carbons (Fsp3) is 0.333. The smallest absolute Gasteiger partial charge is 0.158 e. The summed E-state index contributed by atoms with van der Waals surface area (Å²) in [6.07, 6.45) is 5.90. The van der Waals surface area contributed by atoms with Crippen LogP contribution in [-0.2, 0) is 0 Å². The molecular weight excluding hydrogens is 374 g/mol. The van der Waals surface area contributed by atoms with Gasteiger partial charge in [0, 0.05) is 23.7 Å². The fourth-order valence-corrected chi connectivity index (χ4v) is 3.70. The van der Waals surface area contributed by atoms with Gasteiger partial charge in [-0.05, 0) is 32.4 Å². The number of anilines is 3. The molecule has 4 heterocycles. The molecule has 142 valence electrons. The number of hydrogen-bond acceptors (Lipinski definition) is 10. The van der Waals surface area contributed by atoms with E-state index in [2.05, 4.69) is 41.1 Å². The maximum atomic E-state index is 8.83. The van der Waals surface area contributed by atoms with Crippen LogP contribution in [0, 0.1) is 24.2 Å². The zero-order valence-corrected chi connectivity index (χ0v) is 16.1. The highest BCUT2D eigenvalue weighted by Crippen LogP contribution is 2.31. The lowest BCUT2D eigenvalue weighted by molar-refractivity contribution is 0.615. The molecular formula is C18H19N9S. The average molecular weight is 393 g/mol. The Hall–Kier alpha value is -3.16. The lowest BCUT2D eigenvalue weighted by atomic mass is 10.1. The van der Waals surface area contributed by atoms with Gasteiger partial charge in [-0.25, -0.2) is 15.0 Å². The molecule has 3 aromatic heterocycles. The van der Waals surface area contributed by atoms with Gasteiger partial charge in [-0.1, -0.05) is 0 Å². The summed E-state index contributed by atoms with van der Waals surface area (Å²) < 4.78 is 0. The molecule has 0 radical (unpaired) electrons.